The summed E-state index contributed by atoms with van der Waals surface area (Å²) >= 11 is 0. The molecule has 0 aliphatic carbocycles. The molecule has 0 saturated carbocycles. The minimum Gasteiger partial charge on any atom is -0.480 e. The number of carbonyl (C=O) groups is 3. The van der Waals surface area contributed by atoms with Crippen LogP contribution in [-0.4, -0.2) is 104 Å². The lowest BCUT2D eigenvalue weighted by molar-refractivity contribution is -0.139. The Hall–Kier alpha value is -5.92. The summed E-state index contributed by atoms with van der Waals surface area (Å²) in [6.45, 7) is 3.49. The highest BCUT2D eigenvalue weighted by molar-refractivity contribution is 5.97. The van der Waals surface area contributed by atoms with Gasteiger partial charge in [0.1, 0.15) is 23.2 Å². The number of nitrogens with two attached hydrogens (primary N) is 1. The quantitative estimate of drug-likeness (QED) is 0.0331. The molecule has 2 heterocycles. The van der Waals surface area contributed by atoms with Crippen molar-refractivity contribution in [2.75, 3.05) is 81.5 Å². The molecule has 54 heavy (non-hydrogen) atoms. The lowest BCUT2D eigenvalue weighted by Gasteiger charge is -2.15. The van der Waals surface area contributed by atoms with Gasteiger partial charge in [0.05, 0.1) is 50.4 Å². The van der Waals surface area contributed by atoms with Crippen LogP contribution in [0.15, 0.2) is 50.9 Å². The van der Waals surface area contributed by atoms with Crippen LogP contribution < -0.4 is 48.7 Å². The minimum absolute atomic E-state index is 0.0951. The number of amides is 2. The average molecular weight is 752 g/mol. The van der Waals surface area contributed by atoms with Crippen LogP contribution in [0.4, 0.5) is 22.9 Å². The van der Waals surface area contributed by atoms with Gasteiger partial charge in [-0.2, -0.15) is 0 Å². The van der Waals surface area contributed by atoms with Crippen molar-refractivity contribution < 1.29 is 33.7 Å². The Morgan fingerprint density at radius 1 is 0.889 bits per heavy atom. The molecule has 0 aliphatic rings. The molecule has 290 valence electrons. The predicted octanol–water partition coefficient (Wildman–Crippen LogP) is 0.172. The lowest BCUT2D eigenvalue weighted by Crippen LogP contribution is -2.41. The highest BCUT2D eigenvalue weighted by Gasteiger charge is 2.22. The molecule has 4 aromatic rings. The average Bonchev–Trinajstić information content (AvgIpc) is 3.16. The molecule has 0 saturated heterocycles. The van der Waals surface area contributed by atoms with Crippen LogP contribution >= 0.6 is 0 Å². The number of fused-ring (bicyclic) bond motifs is 1. The summed E-state index contributed by atoms with van der Waals surface area (Å²) in [7, 11) is 1.59. The van der Waals surface area contributed by atoms with E-state index in [0.29, 0.717) is 93.8 Å². The number of ether oxygens (including phenoxy) is 3. The molecule has 0 unspecified atom stereocenters. The SMILES string of the molecule is CNc1c(NCCCOCCOCCOCCCNC(=O)CC[C@H](NC(=O)c2ccc(NCc3cnc4cc(N)[nH]c(=O)c4n3)cc2)C(=O)O)c(=O)c1=O. The number of anilines is 4. The number of carboxylic acid groups (broad SMARTS) is 1. The Morgan fingerprint density at radius 3 is 2.20 bits per heavy atom. The second-order valence-electron chi connectivity index (χ2n) is 12.0. The number of H-pyrrole nitrogens is 1. The first-order chi connectivity index (χ1) is 26.1. The van der Waals surface area contributed by atoms with E-state index in [9.17, 15) is 33.9 Å². The molecule has 19 nitrogen and oxygen atoms in total. The molecule has 0 bridgehead atoms. The van der Waals surface area contributed by atoms with Crippen LogP contribution in [0.2, 0.25) is 0 Å². The number of hydrogen-bond acceptors (Lipinski definition) is 15. The second kappa shape index (κ2) is 20.9. The maximum Gasteiger partial charge on any atom is 0.326 e. The molecule has 2 amide bonds. The van der Waals surface area contributed by atoms with E-state index >= 15 is 0 Å². The molecule has 1 atom stereocenters. The molecule has 9 N–H and O–H groups in total. The molecule has 0 radical (unpaired) electrons. The number of nitrogens with one attached hydrogen (secondary N) is 6. The fraction of sp³-hybridized carbons (Fsp3) is 0.429. The third-order valence-corrected chi connectivity index (χ3v) is 7.96. The Morgan fingerprint density at radius 2 is 1.54 bits per heavy atom. The molecule has 0 fully saturated rings. The Balaban J connectivity index is 1.01. The van der Waals surface area contributed by atoms with Crippen molar-refractivity contribution in [1.29, 1.82) is 0 Å². The van der Waals surface area contributed by atoms with E-state index in [2.05, 4.69) is 41.5 Å². The zero-order valence-corrected chi connectivity index (χ0v) is 29.8. The van der Waals surface area contributed by atoms with Gasteiger partial charge in [-0.3, -0.25) is 29.0 Å². The van der Waals surface area contributed by atoms with Crippen LogP contribution in [0.1, 0.15) is 41.7 Å². The standard InChI is InChI=1S/C35H45N9O10/c1-37-29-30(32(47)31(29)46)39-11-3-13-53-15-17-54-16-14-52-12-2-10-38-27(45)9-8-24(35(50)51)43-33(48)21-4-6-22(7-5-21)40-19-23-20-41-25-18-26(36)44-34(49)28(25)42-23/h4-7,18,20,24,37,39-40H,2-3,8-17,19H2,1H3,(H,38,45)(H,43,48)(H,50,51)(H3,36,44,49)/t24-/m0/s1. The minimum atomic E-state index is -1.27. The van der Waals surface area contributed by atoms with Gasteiger partial charge in [0.15, 0.2) is 5.52 Å². The van der Waals surface area contributed by atoms with E-state index in [1.54, 1.807) is 19.2 Å². The second-order valence-corrected chi connectivity index (χ2v) is 12.0. The Kier molecular flexibility index (Phi) is 15.8. The first-order valence-corrected chi connectivity index (χ1v) is 17.3. The summed E-state index contributed by atoms with van der Waals surface area (Å²) in [5.74, 6) is -2.01. The van der Waals surface area contributed by atoms with E-state index in [-0.39, 0.29) is 42.2 Å². The Bertz CT molecular complexity index is 1990. The number of carboxylic acids is 1. The highest BCUT2D eigenvalue weighted by atomic mass is 16.5. The van der Waals surface area contributed by atoms with Crippen LogP contribution in [0.5, 0.6) is 0 Å². The summed E-state index contributed by atoms with van der Waals surface area (Å²) in [5.41, 5.74) is 6.73. The van der Waals surface area contributed by atoms with Crippen molar-refractivity contribution >= 4 is 51.7 Å². The van der Waals surface area contributed by atoms with Gasteiger partial charge in [0.2, 0.25) is 5.91 Å². The number of aliphatic carboxylic acids is 1. The summed E-state index contributed by atoms with van der Waals surface area (Å²) in [6, 6.07) is 6.59. The number of carbonyl (C=O) groups excluding carboxylic acids is 2. The highest BCUT2D eigenvalue weighted by Crippen LogP contribution is 2.14. The van der Waals surface area contributed by atoms with Crippen LogP contribution in [0.25, 0.3) is 11.0 Å². The third kappa shape index (κ3) is 12.3. The van der Waals surface area contributed by atoms with Gasteiger partial charge in [-0.1, -0.05) is 0 Å². The number of hydrogen-bond donors (Lipinski definition) is 8. The van der Waals surface area contributed by atoms with E-state index in [0.717, 1.165) is 0 Å². The molecular formula is C35H45N9O10. The monoisotopic (exact) mass is 751 g/mol. The van der Waals surface area contributed by atoms with Crippen LogP contribution in [0.3, 0.4) is 0 Å². The van der Waals surface area contributed by atoms with Crippen molar-refractivity contribution in [2.45, 2.75) is 38.3 Å². The number of aromatic amines is 1. The summed E-state index contributed by atoms with van der Waals surface area (Å²) in [4.78, 5) is 82.8. The number of rotatable bonds is 25. The summed E-state index contributed by atoms with van der Waals surface area (Å²) in [6.07, 6.45) is 2.53. The Labute approximate surface area is 309 Å². The summed E-state index contributed by atoms with van der Waals surface area (Å²) < 4.78 is 16.4. The molecule has 2 aromatic heterocycles. The fourth-order valence-electron chi connectivity index (χ4n) is 5.09. The van der Waals surface area contributed by atoms with Gasteiger partial charge in [0, 0.05) is 57.1 Å². The van der Waals surface area contributed by atoms with Crippen molar-refractivity contribution in [1.82, 2.24) is 25.6 Å². The maximum atomic E-state index is 12.8. The third-order valence-electron chi connectivity index (χ3n) is 7.96. The van der Waals surface area contributed by atoms with Crippen molar-refractivity contribution in [2.24, 2.45) is 0 Å². The van der Waals surface area contributed by atoms with Gasteiger partial charge in [-0.05, 0) is 43.5 Å². The zero-order valence-electron chi connectivity index (χ0n) is 29.8. The number of aromatic nitrogens is 3. The normalized spacial score (nSPS) is 11.6. The van der Waals surface area contributed by atoms with E-state index in [4.69, 9.17) is 19.9 Å². The number of pyridine rings is 1. The van der Waals surface area contributed by atoms with Gasteiger partial charge in [0.25, 0.3) is 22.3 Å². The van der Waals surface area contributed by atoms with Crippen molar-refractivity contribution in [3.05, 3.63) is 78.6 Å². The molecule has 0 aliphatic heterocycles. The smallest absolute Gasteiger partial charge is 0.326 e. The molecule has 2 aromatic carbocycles. The molecule has 4 rings (SSSR count). The maximum absolute atomic E-state index is 12.8. The zero-order chi connectivity index (χ0) is 38.9. The van der Waals surface area contributed by atoms with Crippen LogP contribution in [0, 0.1) is 0 Å². The van der Waals surface area contributed by atoms with E-state index < -0.39 is 34.3 Å². The molecular weight excluding hydrogens is 706 g/mol. The van der Waals surface area contributed by atoms with E-state index in [1.165, 1.54) is 24.4 Å². The van der Waals surface area contributed by atoms with Crippen LogP contribution in [-0.2, 0) is 30.3 Å². The van der Waals surface area contributed by atoms with Gasteiger partial charge < -0.3 is 56.6 Å². The first kappa shape index (κ1) is 40.8. The van der Waals surface area contributed by atoms with Crippen molar-refractivity contribution in [3.8, 4) is 0 Å². The number of nitrogens with zero attached hydrogens (tertiary/aromatic N) is 2. The van der Waals surface area contributed by atoms with Gasteiger partial charge >= 0.3 is 5.97 Å². The molecule has 0 spiro atoms. The topological polar surface area (TPSA) is 278 Å². The van der Waals surface area contributed by atoms with E-state index in [1.807, 2.05) is 0 Å². The number of benzene rings is 1. The van der Waals surface area contributed by atoms with Crippen molar-refractivity contribution in [3.63, 3.8) is 0 Å². The summed E-state index contributed by atoms with van der Waals surface area (Å²) in [5, 5.41) is 23.5. The lowest BCUT2D eigenvalue weighted by atomic mass is 10.1. The molecule has 19 heteroatoms. The first-order valence-electron chi connectivity index (χ1n) is 17.3. The fourth-order valence-corrected chi connectivity index (χ4v) is 5.09. The largest absolute Gasteiger partial charge is 0.480 e. The van der Waals surface area contributed by atoms with Gasteiger partial charge in [-0.15, -0.1) is 0 Å². The van der Waals surface area contributed by atoms with Gasteiger partial charge in [-0.25, -0.2) is 9.78 Å². The predicted molar refractivity (Wildman–Crippen MR) is 201 cm³/mol. The number of nitrogen functional groups attached to an aromatic ring is 1.